The highest BCUT2D eigenvalue weighted by Crippen LogP contribution is 2.35. The molecule has 0 fully saturated rings. The maximum absolute atomic E-state index is 10.7. The molecule has 0 aromatic heterocycles. The molecule has 0 spiro atoms. The van der Waals surface area contributed by atoms with Gasteiger partial charge in [0.1, 0.15) is 12.9 Å². The molecule has 0 heterocycles. The number of hydrogen-bond donors (Lipinski definition) is 0. The minimum absolute atomic E-state index is 0.356. The number of benzene rings is 1. The molecular formula is C14H19ClO4. The Hall–Kier alpha value is -1.26. The standard InChI is InChI=1S/C14H19ClO4/c1-3-4-5-18-6-7-19-14-12(15)8-11(10-16)9-13(14)17-2/h8-10H,3-7H2,1-2H3. The summed E-state index contributed by atoms with van der Waals surface area (Å²) in [5.74, 6) is 0.886. The predicted octanol–water partition coefficient (Wildman–Crippen LogP) is 3.36. The zero-order valence-electron chi connectivity index (χ0n) is 11.3. The fraction of sp³-hybridized carbons (Fsp3) is 0.500. The number of methoxy groups -OCH3 is 1. The summed E-state index contributed by atoms with van der Waals surface area (Å²) in [5, 5.41) is 0.356. The Morgan fingerprint density at radius 3 is 2.68 bits per heavy atom. The summed E-state index contributed by atoms with van der Waals surface area (Å²) in [4.78, 5) is 10.7. The molecule has 19 heavy (non-hydrogen) atoms. The fourth-order valence-electron chi connectivity index (χ4n) is 1.50. The summed E-state index contributed by atoms with van der Waals surface area (Å²) in [5.41, 5.74) is 0.452. The lowest BCUT2D eigenvalue weighted by Crippen LogP contribution is -2.08. The smallest absolute Gasteiger partial charge is 0.179 e. The Bertz CT molecular complexity index is 407. The van der Waals surface area contributed by atoms with Crippen LogP contribution in [0.2, 0.25) is 5.02 Å². The van der Waals surface area contributed by atoms with E-state index in [4.69, 9.17) is 25.8 Å². The summed E-state index contributed by atoms with van der Waals surface area (Å²) in [6, 6.07) is 3.14. The lowest BCUT2D eigenvalue weighted by atomic mass is 10.2. The van der Waals surface area contributed by atoms with Gasteiger partial charge in [-0.1, -0.05) is 24.9 Å². The van der Waals surface area contributed by atoms with Gasteiger partial charge in [0.25, 0.3) is 0 Å². The van der Waals surface area contributed by atoms with E-state index < -0.39 is 0 Å². The summed E-state index contributed by atoms with van der Waals surface area (Å²) in [7, 11) is 1.50. The van der Waals surface area contributed by atoms with Gasteiger partial charge in [-0.25, -0.2) is 0 Å². The molecule has 4 nitrogen and oxygen atoms in total. The van der Waals surface area contributed by atoms with Gasteiger partial charge < -0.3 is 14.2 Å². The van der Waals surface area contributed by atoms with Crippen LogP contribution in [0.5, 0.6) is 11.5 Å². The SMILES string of the molecule is CCCCOCCOc1c(Cl)cc(C=O)cc1OC. The van der Waals surface area contributed by atoms with Gasteiger partial charge in [0, 0.05) is 12.2 Å². The highest BCUT2D eigenvalue weighted by atomic mass is 35.5. The molecule has 1 aromatic carbocycles. The zero-order valence-corrected chi connectivity index (χ0v) is 12.0. The quantitative estimate of drug-likeness (QED) is 0.516. The van der Waals surface area contributed by atoms with Crippen molar-refractivity contribution < 1.29 is 19.0 Å². The van der Waals surface area contributed by atoms with Crippen molar-refractivity contribution in [2.45, 2.75) is 19.8 Å². The van der Waals surface area contributed by atoms with E-state index in [2.05, 4.69) is 6.92 Å². The Balaban J connectivity index is 2.55. The molecule has 0 aliphatic rings. The summed E-state index contributed by atoms with van der Waals surface area (Å²) in [6.45, 7) is 3.73. The molecule has 0 aliphatic heterocycles. The van der Waals surface area contributed by atoms with Crippen molar-refractivity contribution in [2.24, 2.45) is 0 Å². The largest absolute Gasteiger partial charge is 0.493 e. The number of halogens is 1. The highest BCUT2D eigenvalue weighted by molar-refractivity contribution is 6.32. The first-order valence-electron chi connectivity index (χ1n) is 6.26. The molecule has 1 aromatic rings. The normalized spacial score (nSPS) is 10.3. The number of unbranched alkanes of at least 4 members (excludes halogenated alkanes) is 1. The molecule has 0 amide bonds. The van der Waals surface area contributed by atoms with Crippen molar-refractivity contribution in [1.29, 1.82) is 0 Å². The van der Waals surface area contributed by atoms with E-state index in [9.17, 15) is 4.79 Å². The third-order valence-electron chi connectivity index (χ3n) is 2.50. The first-order valence-corrected chi connectivity index (χ1v) is 6.64. The molecule has 0 N–H and O–H groups in total. The molecule has 1 rings (SSSR count). The lowest BCUT2D eigenvalue weighted by molar-refractivity contribution is 0.0970. The average Bonchev–Trinajstić information content (AvgIpc) is 2.43. The molecule has 5 heteroatoms. The van der Waals surface area contributed by atoms with E-state index in [1.807, 2.05) is 0 Å². The van der Waals surface area contributed by atoms with Crippen LogP contribution >= 0.6 is 11.6 Å². The topological polar surface area (TPSA) is 44.8 Å². The van der Waals surface area contributed by atoms with Gasteiger partial charge in [0.05, 0.1) is 18.7 Å². The molecule has 0 bridgehead atoms. The molecule has 0 saturated carbocycles. The van der Waals surface area contributed by atoms with E-state index in [-0.39, 0.29) is 0 Å². The van der Waals surface area contributed by atoms with Gasteiger partial charge in [-0.05, 0) is 18.6 Å². The van der Waals surface area contributed by atoms with Crippen LogP contribution in [-0.4, -0.2) is 33.2 Å². The predicted molar refractivity (Wildman–Crippen MR) is 74.6 cm³/mol. The van der Waals surface area contributed by atoms with Crippen LogP contribution in [0.1, 0.15) is 30.1 Å². The van der Waals surface area contributed by atoms with E-state index in [0.717, 1.165) is 19.4 Å². The fourth-order valence-corrected chi connectivity index (χ4v) is 1.77. The third-order valence-corrected chi connectivity index (χ3v) is 2.78. The maximum Gasteiger partial charge on any atom is 0.179 e. The van der Waals surface area contributed by atoms with E-state index >= 15 is 0 Å². The summed E-state index contributed by atoms with van der Waals surface area (Å²) >= 11 is 6.05. The van der Waals surface area contributed by atoms with E-state index in [0.29, 0.717) is 41.6 Å². The molecular weight excluding hydrogens is 268 g/mol. The average molecular weight is 287 g/mol. The van der Waals surface area contributed by atoms with Crippen molar-refractivity contribution in [3.63, 3.8) is 0 Å². The molecule has 0 radical (unpaired) electrons. The van der Waals surface area contributed by atoms with Gasteiger partial charge in [-0.3, -0.25) is 4.79 Å². The number of rotatable bonds is 9. The van der Waals surface area contributed by atoms with E-state index in [1.165, 1.54) is 7.11 Å². The van der Waals surface area contributed by atoms with Gasteiger partial charge in [0.15, 0.2) is 11.5 Å². The number of carbonyl (C=O) groups excluding carboxylic acids is 1. The Labute approximate surface area is 118 Å². The Kier molecular flexibility index (Phi) is 7.30. The second-order valence-corrected chi connectivity index (χ2v) is 4.37. The number of aldehydes is 1. The van der Waals surface area contributed by atoms with Crippen LogP contribution in [0.25, 0.3) is 0 Å². The van der Waals surface area contributed by atoms with Crippen LogP contribution in [-0.2, 0) is 4.74 Å². The monoisotopic (exact) mass is 286 g/mol. The van der Waals surface area contributed by atoms with Crippen molar-refractivity contribution in [3.05, 3.63) is 22.7 Å². The van der Waals surface area contributed by atoms with Crippen molar-refractivity contribution in [3.8, 4) is 11.5 Å². The minimum Gasteiger partial charge on any atom is -0.493 e. The Morgan fingerprint density at radius 1 is 1.26 bits per heavy atom. The maximum atomic E-state index is 10.7. The van der Waals surface area contributed by atoms with Gasteiger partial charge in [0.2, 0.25) is 0 Å². The van der Waals surface area contributed by atoms with Crippen LogP contribution in [0.15, 0.2) is 12.1 Å². The van der Waals surface area contributed by atoms with E-state index in [1.54, 1.807) is 12.1 Å². The lowest BCUT2D eigenvalue weighted by Gasteiger charge is -2.13. The molecule has 106 valence electrons. The zero-order chi connectivity index (χ0) is 14.1. The van der Waals surface area contributed by atoms with Crippen molar-refractivity contribution in [1.82, 2.24) is 0 Å². The second kappa shape index (κ2) is 8.77. The van der Waals surface area contributed by atoms with Gasteiger partial charge >= 0.3 is 0 Å². The third kappa shape index (κ3) is 5.09. The number of ether oxygens (including phenoxy) is 3. The number of hydrogen-bond acceptors (Lipinski definition) is 4. The van der Waals surface area contributed by atoms with Crippen LogP contribution in [0, 0.1) is 0 Å². The number of carbonyl (C=O) groups is 1. The Morgan fingerprint density at radius 2 is 2.05 bits per heavy atom. The minimum atomic E-state index is 0.356. The van der Waals surface area contributed by atoms with Crippen LogP contribution in [0.3, 0.4) is 0 Å². The molecule has 0 saturated heterocycles. The van der Waals surface area contributed by atoms with Gasteiger partial charge in [-0.15, -0.1) is 0 Å². The summed E-state index contributed by atoms with van der Waals surface area (Å²) in [6.07, 6.45) is 2.86. The molecule has 0 atom stereocenters. The first-order chi connectivity index (χ1) is 9.22. The van der Waals surface area contributed by atoms with Gasteiger partial charge in [-0.2, -0.15) is 0 Å². The van der Waals surface area contributed by atoms with Crippen LogP contribution in [0.4, 0.5) is 0 Å². The highest BCUT2D eigenvalue weighted by Gasteiger charge is 2.11. The van der Waals surface area contributed by atoms with Crippen molar-refractivity contribution >= 4 is 17.9 Å². The second-order valence-electron chi connectivity index (χ2n) is 3.97. The summed E-state index contributed by atoms with van der Waals surface area (Å²) < 4.78 is 16.1. The molecule has 0 aliphatic carbocycles. The van der Waals surface area contributed by atoms with Crippen molar-refractivity contribution in [2.75, 3.05) is 26.9 Å². The molecule has 0 unspecified atom stereocenters. The van der Waals surface area contributed by atoms with Crippen LogP contribution < -0.4 is 9.47 Å². The first kappa shape index (κ1) is 15.8.